The van der Waals surface area contributed by atoms with Gasteiger partial charge in [0.25, 0.3) is 0 Å². The van der Waals surface area contributed by atoms with Crippen molar-refractivity contribution in [3.05, 3.63) is 118 Å². The minimum atomic E-state index is -0.141. The van der Waals surface area contributed by atoms with Crippen molar-refractivity contribution >= 4 is 11.0 Å². The van der Waals surface area contributed by atoms with E-state index in [0.717, 1.165) is 50.2 Å². The summed E-state index contributed by atoms with van der Waals surface area (Å²) >= 11 is 0. The molecule has 6 rings (SSSR count). The maximum atomic E-state index is 11.2. The van der Waals surface area contributed by atoms with Crippen LogP contribution in [0, 0.1) is 26.8 Å². The summed E-state index contributed by atoms with van der Waals surface area (Å²) in [6, 6.07) is 29.2. The Kier molecular flexibility index (Phi) is 9.89. The van der Waals surface area contributed by atoms with Crippen LogP contribution < -0.4 is 0 Å². The van der Waals surface area contributed by atoms with Crippen LogP contribution in [0.5, 0.6) is 5.75 Å². The summed E-state index contributed by atoms with van der Waals surface area (Å²) in [5.41, 5.74) is 14.4. The molecule has 6 aromatic rings. The van der Waals surface area contributed by atoms with Gasteiger partial charge in [0.2, 0.25) is 0 Å². The first-order chi connectivity index (χ1) is 22.8. The number of benzene rings is 4. The molecule has 0 fully saturated rings. The Labute approximate surface area is 313 Å². The van der Waals surface area contributed by atoms with Gasteiger partial charge in [0.15, 0.2) is 0 Å². The number of hydrogen-bond donors (Lipinski definition) is 1. The number of phenols is 1. The monoisotopic (exact) mass is 843 g/mol. The van der Waals surface area contributed by atoms with Crippen LogP contribution in [0.2, 0.25) is 0 Å². The average Bonchev–Trinajstić information content (AvgIpc) is 3.38. The molecule has 50 heavy (non-hydrogen) atoms. The van der Waals surface area contributed by atoms with Crippen molar-refractivity contribution in [1.82, 2.24) is 14.5 Å². The molecule has 0 aliphatic heterocycles. The number of aromatic nitrogens is 3. The van der Waals surface area contributed by atoms with Crippen molar-refractivity contribution in [1.29, 1.82) is 0 Å². The van der Waals surface area contributed by atoms with Gasteiger partial charge in [-0.2, -0.15) is 0 Å². The molecule has 0 saturated carbocycles. The minimum Gasteiger partial charge on any atom is -0.507 e. The standard InChI is InChI=1S/C45H50N3O.Pt/c1-27-19-28(2)41(29(3)20-27)48-38-26-34(45(10,11)12)24-36(40(38)47-42(48)35-15-13-14-16-39(35)49)30-21-31(23-33(22-30)44(7,8)9)37-25-32(17-18-46-37)43(4,5)6;/h13-20,22-26,49H,1-12H3;/q-1;. The Balaban J connectivity index is 0.00000486. The second kappa shape index (κ2) is 13.3. The number of nitrogens with zero attached hydrogens (tertiary/aromatic N) is 3. The number of hydrogen-bond acceptors (Lipinski definition) is 3. The first-order valence-corrected chi connectivity index (χ1v) is 17.3. The first kappa shape index (κ1) is 37.2. The molecule has 0 aliphatic rings. The zero-order valence-electron chi connectivity index (χ0n) is 31.6. The molecular formula is C45H50N3OPt-. The Bertz CT molecular complexity index is 2200. The van der Waals surface area contributed by atoms with Crippen molar-refractivity contribution in [2.75, 3.05) is 0 Å². The van der Waals surface area contributed by atoms with Crippen molar-refractivity contribution in [2.24, 2.45) is 0 Å². The molecule has 0 bridgehead atoms. The molecule has 262 valence electrons. The maximum absolute atomic E-state index is 11.2. The van der Waals surface area contributed by atoms with Crippen molar-refractivity contribution in [3.63, 3.8) is 0 Å². The third-order valence-corrected chi connectivity index (χ3v) is 9.56. The smallest absolute Gasteiger partial charge is 0.148 e. The van der Waals surface area contributed by atoms with Gasteiger partial charge in [0, 0.05) is 33.0 Å². The van der Waals surface area contributed by atoms with E-state index in [9.17, 15) is 5.11 Å². The van der Waals surface area contributed by atoms with Gasteiger partial charge in [-0.3, -0.25) is 9.55 Å². The third-order valence-electron chi connectivity index (χ3n) is 9.56. The van der Waals surface area contributed by atoms with Gasteiger partial charge in [-0.15, -0.1) is 29.3 Å². The molecule has 0 spiro atoms. The molecule has 1 N–H and O–H groups in total. The van der Waals surface area contributed by atoms with E-state index < -0.39 is 0 Å². The van der Waals surface area contributed by atoms with Crippen LogP contribution in [-0.4, -0.2) is 19.6 Å². The Hall–Kier alpha value is -4.01. The predicted octanol–water partition coefficient (Wildman–Crippen LogP) is 11.7. The average molecular weight is 844 g/mol. The Morgan fingerprint density at radius 3 is 1.82 bits per heavy atom. The number of aromatic hydroxyl groups is 1. The first-order valence-electron chi connectivity index (χ1n) is 17.3. The quantitative estimate of drug-likeness (QED) is 0.180. The van der Waals surface area contributed by atoms with E-state index in [4.69, 9.17) is 9.97 Å². The molecule has 4 nitrogen and oxygen atoms in total. The molecule has 0 unspecified atom stereocenters. The van der Waals surface area contributed by atoms with Gasteiger partial charge in [-0.25, -0.2) is 4.98 Å². The number of phenolic OH excluding ortho intramolecular Hbond substituents is 1. The fourth-order valence-electron chi connectivity index (χ4n) is 6.74. The van der Waals surface area contributed by atoms with Crippen LogP contribution in [0.25, 0.3) is 50.5 Å². The fraction of sp³-hybridized carbons (Fsp3) is 0.333. The molecular weight excluding hydrogens is 794 g/mol. The molecule has 0 aliphatic carbocycles. The number of pyridine rings is 1. The summed E-state index contributed by atoms with van der Waals surface area (Å²) < 4.78 is 2.26. The van der Waals surface area contributed by atoms with Crippen molar-refractivity contribution in [3.8, 4) is 45.2 Å². The zero-order chi connectivity index (χ0) is 35.6. The van der Waals surface area contributed by atoms with E-state index in [-0.39, 0.29) is 43.1 Å². The molecule has 0 radical (unpaired) electrons. The van der Waals surface area contributed by atoms with Crippen LogP contribution in [0.15, 0.2) is 79.0 Å². The molecule has 5 heteroatoms. The van der Waals surface area contributed by atoms with Gasteiger partial charge in [0.05, 0.1) is 22.3 Å². The maximum Gasteiger partial charge on any atom is 0.148 e. The number of imidazole rings is 1. The van der Waals surface area contributed by atoms with E-state index in [1.807, 2.05) is 24.4 Å². The molecule has 0 amide bonds. The molecule has 0 atom stereocenters. The van der Waals surface area contributed by atoms with E-state index >= 15 is 0 Å². The molecule has 2 heterocycles. The number of aryl methyl sites for hydroxylation is 3. The van der Waals surface area contributed by atoms with Gasteiger partial charge in [-0.1, -0.05) is 115 Å². The molecule has 4 aromatic carbocycles. The SMILES string of the molecule is Cc1cc(C)c(-n2c(-c3ccccc3O)nc3c(-c4[c-]c(-c5cc(C(C)(C)C)ccn5)cc(C(C)(C)C)c4)cc(C(C)(C)C)cc32)c(C)c1.[Pt]. The fourth-order valence-corrected chi connectivity index (χ4v) is 6.74. The van der Waals surface area contributed by atoms with Crippen LogP contribution in [0.3, 0.4) is 0 Å². The third kappa shape index (κ3) is 7.10. The van der Waals surface area contributed by atoms with E-state index in [0.29, 0.717) is 11.4 Å². The molecule has 0 saturated heterocycles. The summed E-state index contributed by atoms with van der Waals surface area (Å²) in [5.74, 6) is 0.912. The van der Waals surface area contributed by atoms with E-state index in [1.165, 1.54) is 22.3 Å². The van der Waals surface area contributed by atoms with Gasteiger partial charge in [-0.05, 0) is 83.5 Å². The predicted molar refractivity (Wildman–Crippen MR) is 206 cm³/mol. The second-order valence-electron chi connectivity index (χ2n) is 16.8. The molecule has 2 aromatic heterocycles. The van der Waals surface area contributed by atoms with Crippen molar-refractivity contribution < 1.29 is 26.2 Å². The second-order valence-corrected chi connectivity index (χ2v) is 16.8. The topological polar surface area (TPSA) is 50.9 Å². The number of para-hydroxylation sites is 1. The summed E-state index contributed by atoms with van der Waals surface area (Å²) in [4.78, 5) is 10.3. The van der Waals surface area contributed by atoms with Gasteiger partial charge >= 0.3 is 0 Å². The zero-order valence-corrected chi connectivity index (χ0v) is 33.9. The number of rotatable bonds is 4. The van der Waals surface area contributed by atoms with Gasteiger partial charge < -0.3 is 5.11 Å². The summed E-state index contributed by atoms with van der Waals surface area (Å²) in [5, 5.41) is 11.2. The van der Waals surface area contributed by atoms with Crippen LogP contribution >= 0.6 is 0 Å². The van der Waals surface area contributed by atoms with E-state index in [1.54, 1.807) is 6.07 Å². The van der Waals surface area contributed by atoms with E-state index in [2.05, 4.69) is 142 Å². The summed E-state index contributed by atoms with van der Waals surface area (Å²) in [7, 11) is 0. The largest absolute Gasteiger partial charge is 0.507 e. The van der Waals surface area contributed by atoms with Crippen LogP contribution in [-0.2, 0) is 37.3 Å². The summed E-state index contributed by atoms with van der Waals surface area (Å²) in [6.07, 6.45) is 1.91. The minimum absolute atomic E-state index is 0. The Morgan fingerprint density at radius 2 is 1.22 bits per heavy atom. The van der Waals surface area contributed by atoms with Crippen molar-refractivity contribution in [2.45, 2.75) is 99.3 Å². The summed E-state index contributed by atoms with van der Waals surface area (Å²) in [6.45, 7) is 26.7. The van der Waals surface area contributed by atoms with Crippen LogP contribution in [0.4, 0.5) is 0 Å². The van der Waals surface area contributed by atoms with Crippen LogP contribution in [0.1, 0.15) is 95.7 Å². The normalized spacial score (nSPS) is 12.3. The van der Waals surface area contributed by atoms with Gasteiger partial charge in [0.1, 0.15) is 11.6 Å². The number of fused-ring (bicyclic) bond motifs is 1. The Morgan fingerprint density at radius 1 is 0.640 bits per heavy atom.